The number of carbonyl (C=O) groups excluding carboxylic acids is 3. The van der Waals surface area contributed by atoms with E-state index in [0.717, 1.165) is 6.42 Å². The van der Waals surface area contributed by atoms with Gasteiger partial charge in [0.15, 0.2) is 0 Å². The highest BCUT2D eigenvalue weighted by atomic mass is 16.6. The highest BCUT2D eigenvalue weighted by Gasteiger charge is 2.61. The minimum absolute atomic E-state index is 0.0498. The number of fused-ring (bicyclic) bond motifs is 1. The van der Waals surface area contributed by atoms with Crippen LogP contribution < -0.4 is 10.6 Å². The predicted molar refractivity (Wildman–Crippen MR) is 149 cm³/mol. The quantitative estimate of drug-likeness (QED) is 0.306. The Morgan fingerprint density at radius 2 is 1.63 bits per heavy atom. The van der Waals surface area contributed by atoms with Crippen molar-refractivity contribution < 1.29 is 28.9 Å². The first-order chi connectivity index (χ1) is 17.1. The molecule has 1 aliphatic heterocycles. The van der Waals surface area contributed by atoms with Gasteiger partial charge in [-0.25, -0.2) is 4.79 Å². The number of ether oxygens (including phenoxy) is 1. The Balaban J connectivity index is 2.25. The molecule has 1 heterocycles. The monoisotopic (exact) mass is 536 g/mol. The number of likely N-dealkylation sites (tertiary alicyclic amines) is 1. The maximum atomic E-state index is 13.8. The number of aliphatic hydroxyl groups is 1. The molecule has 2 rings (SSSR count). The number of rotatable bonds is 9. The van der Waals surface area contributed by atoms with Crippen LogP contribution in [0.3, 0.4) is 0 Å². The van der Waals surface area contributed by atoms with Gasteiger partial charge in [-0.3, -0.25) is 9.59 Å². The van der Waals surface area contributed by atoms with Crippen LogP contribution in [-0.2, 0) is 19.0 Å². The van der Waals surface area contributed by atoms with Gasteiger partial charge in [-0.2, -0.15) is 0 Å². The summed E-state index contributed by atoms with van der Waals surface area (Å²) in [4.78, 5) is 40.8. The van der Waals surface area contributed by atoms with Gasteiger partial charge in [-0.15, -0.1) is 0 Å². The van der Waals surface area contributed by atoms with Crippen molar-refractivity contribution in [1.29, 1.82) is 0 Å². The summed E-state index contributed by atoms with van der Waals surface area (Å²) in [5.74, 6) is -0.466. The van der Waals surface area contributed by atoms with Crippen LogP contribution in [0, 0.1) is 17.8 Å². The molecule has 3 N–H and O–H groups in total. The number of carbonyl (C=O) groups is 3. The van der Waals surface area contributed by atoms with Crippen molar-refractivity contribution in [2.75, 3.05) is 13.1 Å². The predicted octanol–water partition coefficient (Wildman–Crippen LogP) is 3.66. The molecule has 4 atom stereocenters. The first kappa shape index (κ1) is 32.4. The second-order valence-corrected chi connectivity index (χ2v) is 14.3. The van der Waals surface area contributed by atoms with Crippen molar-refractivity contribution in [3.63, 3.8) is 0 Å². The number of amides is 3. The molecule has 1 saturated heterocycles. The molecule has 1 saturated carbocycles. The average molecular weight is 537 g/mol. The summed E-state index contributed by atoms with van der Waals surface area (Å²) in [6.07, 6.45) is 2.15. The lowest BCUT2D eigenvalue weighted by Gasteiger charge is -2.40. The highest BCUT2D eigenvalue weighted by molar-refractivity contribution is 6.27. The van der Waals surface area contributed by atoms with Crippen molar-refractivity contribution >= 4 is 25.4 Å². The van der Waals surface area contributed by atoms with Crippen LogP contribution in [0.5, 0.6) is 0 Å². The first-order valence-corrected chi connectivity index (χ1v) is 13.9. The Morgan fingerprint density at radius 3 is 2.13 bits per heavy atom. The van der Waals surface area contributed by atoms with E-state index in [1.54, 1.807) is 26.2 Å². The van der Waals surface area contributed by atoms with Crippen LogP contribution in [0.4, 0.5) is 4.79 Å². The van der Waals surface area contributed by atoms with Crippen LogP contribution in [-0.4, -0.2) is 76.4 Å². The third-order valence-electron chi connectivity index (χ3n) is 7.86. The fourth-order valence-corrected chi connectivity index (χ4v) is 5.50. The molecule has 0 aromatic heterocycles. The van der Waals surface area contributed by atoms with E-state index in [0.29, 0.717) is 32.3 Å². The Bertz CT molecular complexity index is 873. The molecule has 3 amide bonds. The number of hydrogen-bond acceptors (Lipinski definition) is 6. The molecule has 9 nitrogen and oxygen atoms in total. The molecular weight excluding hydrogens is 485 g/mol. The first-order valence-electron chi connectivity index (χ1n) is 13.9. The van der Waals surface area contributed by atoms with Gasteiger partial charge in [0.25, 0.3) is 7.48 Å². The number of hydrogen-bond donors (Lipinski definition) is 3. The summed E-state index contributed by atoms with van der Waals surface area (Å²) in [5, 5.41) is 16.5. The van der Waals surface area contributed by atoms with Crippen molar-refractivity contribution in [3.8, 4) is 0 Å². The van der Waals surface area contributed by atoms with Gasteiger partial charge >= 0.3 is 6.09 Å². The summed E-state index contributed by atoms with van der Waals surface area (Å²) < 4.78 is 11.5. The van der Waals surface area contributed by atoms with Gasteiger partial charge in [0.05, 0.1) is 11.2 Å². The molecule has 1 radical (unpaired) electrons. The molecule has 217 valence electrons. The Labute approximate surface area is 230 Å². The highest BCUT2D eigenvalue weighted by Crippen LogP contribution is 2.51. The van der Waals surface area contributed by atoms with Crippen LogP contribution in [0.25, 0.3) is 0 Å². The third kappa shape index (κ3) is 8.10. The second kappa shape index (κ2) is 11.4. The van der Waals surface area contributed by atoms with E-state index in [1.807, 2.05) is 55.4 Å². The van der Waals surface area contributed by atoms with Crippen LogP contribution in [0.1, 0.15) is 95.4 Å². The molecule has 2 fully saturated rings. The zero-order valence-electron chi connectivity index (χ0n) is 25.5. The summed E-state index contributed by atoms with van der Waals surface area (Å²) in [5.41, 5.74) is -3.87. The van der Waals surface area contributed by atoms with Crippen LogP contribution in [0.15, 0.2) is 0 Å². The van der Waals surface area contributed by atoms with E-state index >= 15 is 0 Å². The summed E-state index contributed by atoms with van der Waals surface area (Å²) in [6.45, 7) is 20.9. The molecule has 1 aliphatic carbocycles. The summed E-state index contributed by atoms with van der Waals surface area (Å²) >= 11 is 0. The molecule has 0 aromatic carbocycles. The minimum Gasteiger partial charge on any atom is -0.444 e. The van der Waals surface area contributed by atoms with Gasteiger partial charge in [-0.1, -0.05) is 12.7 Å². The lowest BCUT2D eigenvalue weighted by atomic mass is 9.76. The van der Waals surface area contributed by atoms with Crippen LogP contribution in [0.2, 0.25) is 6.32 Å². The van der Waals surface area contributed by atoms with Gasteiger partial charge in [0.1, 0.15) is 11.1 Å². The summed E-state index contributed by atoms with van der Waals surface area (Å²) in [6, 6.07) is 0. The minimum atomic E-state index is -1.05. The molecule has 10 heteroatoms. The summed E-state index contributed by atoms with van der Waals surface area (Å²) in [7, 11) is 1.72. The normalized spacial score (nSPS) is 26.1. The smallest absolute Gasteiger partial charge is 0.410 e. The van der Waals surface area contributed by atoms with Gasteiger partial charge < -0.3 is 30.0 Å². The largest absolute Gasteiger partial charge is 0.444 e. The fraction of sp³-hybridized carbons (Fsp3) is 0.893. The van der Waals surface area contributed by atoms with Crippen molar-refractivity contribution in [3.05, 3.63) is 0 Å². The van der Waals surface area contributed by atoms with Crippen molar-refractivity contribution in [1.82, 2.24) is 15.5 Å². The number of nitrogens with one attached hydrogen (secondary N) is 2. The lowest BCUT2D eigenvalue weighted by Crippen LogP contribution is -2.64. The Kier molecular flexibility index (Phi) is 9.69. The van der Waals surface area contributed by atoms with E-state index in [1.165, 1.54) is 6.92 Å². The van der Waals surface area contributed by atoms with E-state index in [2.05, 4.69) is 10.6 Å². The lowest BCUT2D eigenvalue weighted by molar-refractivity contribution is -0.136. The Morgan fingerprint density at radius 1 is 1.03 bits per heavy atom. The van der Waals surface area contributed by atoms with E-state index in [-0.39, 0.29) is 35.7 Å². The molecular formula is C28H51BN3O6. The van der Waals surface area contributed by atoms with E-state index in [4.69, 9.17) is 9.39 Å². The van der Waals surface area contributed by atoms with Crippen LogP contribution >= 0.6 is 0 Å². The third-order valence-corrected chi connectivity index (χ3v) is 7.86. The van der Waals surface area contributed by atoms with E-state index in [9.17, 15) is 19.5 Å². The number of nitrogens with zero attached hydrogens (tertiary/aromatic N) is 1. The molecule has 38 heavy (non-hydrogen) atoms. The topological polar surface area (TPSA) is 117 Å². The zero-order chi connectivity index (χ0) is 29.3. The molecule has 2 aliphatic rings. The SMILES string of the molecule is CC(=O)N[C@@]1(C(=O)NC(C)(C)C)C[C@H]2CN(C(=O)OC(C)(C)C)C[C@H]2[C@@H]1CCC[B]OC(C)(C)C(C)(C)O. The Hall–Kier alpha value is -1.81. The standard InChI is InChI=1S/C28H51BN3O6/c1-18(33)30-28(22(34)31-24(2,3)4)15-19-16-32(23(35)37-25(5,6)7)17-20(19)21(28)13-12-14-29-38-27(10,11)26(8,9)36/h19-21,36H,12-17H2,1-11H3,(H,30,33)(H,31,34)/t19-,20+,21-,28-/m0/s1. The van der Waals surface area contributed by atoms with Crippen molar-refractivity contribution in [2.24, 2.45) is 17.8 Å². The molecule has 0 aromatic rings. The zero-order valence-corrected chi connectivity index (χ0v) is 25.5. The van der Waals surface area contributed by atoms with Gasteiger partial charge in [0, 0.05) is 25.6 Å². The molecule has 0 bridgehead atoms. The van der Waals surface area contributed by atoms with E-state index < -0.39 is 27.9 Å². The fourth-order valence-electron chi connectivity index (χ4n) is 5.50. The second-order valence-electron chi connectivity index (χ2n) is 14.3. The molecule has 0 unspecified atom stereocenters. The van der Waals surface area contributed by atoms with Crippen molar-refractivity contribution in [2.45, 2.75) is 130 Å². The molecule has 0 spiro atoms. The average Bonchev–Trinajstić information content (AvgIpc) is 3.20. The van der Waals surface area contributed by atoms with Gasteiger partial charge in [-0.05, 0) is 99.8 Å². The maximum absolute atomic E-state index is 13.8. The maximum Gasteiger partial charge on any atom is 0.410 e. The van der Waals surface area contributed by atoms with Gasteiger partial charge in [0.2, 0.25) is 11.8 Å².